The molecule has 0 aliphatic heterocycles. The van der Waals surface area contributed by atoms with Crippen molar-refractivity contribution in [3.63, 3.8) is 0 Å². The van der Waals surface area contributed by atoms with Gasteiger partial charge in [0.15, 0.2) is 0 Å². The summed E-state index contributed by atoms with van der Waals surface area (Å²) in [4.78, 5) is 14.5. The predicted octanol–water partition coefficient (Wildman–Crippen LogP) is 1.44. The molecule has 0 saturated carbocycles. The van der Waals surface area contributed by atoms with E-state index >= 15 is 0 Å². The average Bonchev–Trinajstić information content (AvgIpc) is 2.20. The number of esters is 1. The minimum absolute atomic E-state index is 0.134. The van der Waals surface area contributed by atoms with Crippen LogP contribution in [0.3, 0.4) is 0 Å². The van der Waals surface area contributed by atoms with Gasteiger partial charge in [-0.25, -0.2) is 8.78 Å². The van der Waals surface area contributed by atoms with E-state index in [4.69, 9.17) is 5.11 Å². The number of hydrogen-bond acceptors (Lipinski definition) is 4. The predicted molar refractivity (Wildman–Crippen MR) is 46.6 cm³/mol. The van der Waals surface area contributed by atoms with Gasteiger partial charge in [-0.05, 0) is 6.07 Å². The van der Waals surface area contributed by atoms with E-state index in [0.29, 0.717) is 0 Å². The van der Waals surface area contributed by atoms with Gasteiger partial charge in [0.1, 0.15) is 5.75 Å². The number of pyridine rings is 1. The minimum atomic E-state index is -2.80. The number of ether oxygens (including phenoxy) is 1. The highest BCUT2D eigenvalue weighted by Crippen LogP contribution is 2.27. The van der Waals surface area contributed by atoms with E-state index in [1.807, 2.05) is 0 Å². The zero-order valence-electron chi connectivity index (χ0n) is 7.91. The Morgan fingerprint density at radius 1 is 1.67 bits per heavy atom. The molecule has 0 radical (unpaired) electrons. The first-order chi connectivity index (χ1) is 7.04. The molecule has 0 atom stereocenters. The molecule has 0 bridgehead atoms. The second-order valence-corrected chi connectivity index (χ2v) is 2.79. The Morgan fingerprint density at radius 2 is 2.33 bits per heavy atom. The Kier molecular flexibility index (Phi) is 3.54. The standard InChI is InChI=1S/C9H9F2NO3/c1-15-8(14)3-5-2-6(9(10)11)7(13)4-12-5/h2,4,9,13H,3H2,1H3. The Morgan fingerprint density at radius 3 is 2.87 bits per heavy atom. The van der Waals surface area contributed by atoms with Crippen molar-refractivity contribution in [3.05, 3.63) is 23.5 Å². The van der Waals surface area contributed by atoms with Crippen LogP contribution >= 0.6 is 0 Å². The highest BCUT2D eigenvalue weighted by molar-refractivity contribution is 5.71. The Balaban J connectivity index is 2.92. The number of carbonyl (C=O) groups is 1. The largest absolute Gasteiger partial charge is 0.506 e. The van der Waals surface area contributed by atoms with E-state index in [9.17, 15) is 13.6 Å². The highest BCUT2D eigenvalue weighted by atomic mass is 19.3. The van der Waals surface area contributed by atoms with E-state index in [-0.39, 0.29) is 12.1 Å². The molecule has 0 fully saturated rings. The number of rotatable bonds is 3. The van der Waals surface area contributed by atoms with Crippen LogP contribution in [0, 0.1) is 0 Å². The van der Waals surface area contributed by atoms with Gasteiger partial charge in [-0.3, -0.25) is 9.78 Å². The second kappa shape index (κ2) is 4.68. The maximum Gasteiger partial charge on any atom is 0.311 e. The van der Waals surface area contributed by atoms with Crippen molar-refractivity contribution in [2.75, 3.05) is 7.11 Å². The van der Waals surface area contributed by atoms with Gasteiger partial charge in [0.25, 0.3) is 6.43 Å². The first kappa shape index (κ1) is 11.4. The van der Waals surface area contributed by atoms with Crippen molar-refractivity contribution in [3.8, 4) is 5.75 Å². The molecule has 1 aromatic rings. The molecule has 6 heteroatoms. The molecule has 0 aromatic carbocycles. The van der Waals surface area contributed by atoms with Gasteiger partial charge in [0.2, 0.25) is 0 Å². The quantitative estimate of drug-likeness (QED) is 0.778. The lowest BCUT2D eigenvalue weighted by Crippen LogP contribution is -2.06. The summed E-state index contributed by atoms with van der Waals surface area (Å²) in [5.74, 6) is -1.16. The fourth-order valence-electron chi connectivity index (χ4n) is 1.00. The van der Waals surface area contributed by atoms with Crippen LogP contribution in [0.1, 0.15) is 17.7 Å². The molecule has 0 saturated heterocycles. The molecule has 0 aliphatic rings. The van der Waals surface area contributed by atoms with Crippen LogP contribution < -0.4 is 0 Å². The van der Waals surface area contributed by atoms with Crippen LogP contribution in [-0.4, -0.2) is 23.2 Å². The summed E-state index contributed by atoms with van der Waals surface area (Å²) in [5.41, 5.74) is -0.404. The molecule has 0 spiro atoms. The smallest absolute Gasteiger partial charge is 0.311 e. The number of aromatic hydroxyl groups is 1. The zero-order chi connectivity index (χ0) is 11.4. The fourth-order valence-corrected chi connectivity index (χ4v) is 1.00. The zero-order valence-corrected chi connectivity index (χ0v) is 7.91. The summed E-state index contributed by atoms with van der Waals surface area (Å²) in [6.07, 6.45) is -2.11. The molecule has 1 N–H and O–H groups in total. The fraction of sp³-hybridized carbons (Fsp3) is 0.333. The van der Waals surface area contributed by atoms with Gasteiger partial charge in [0, 0.05) is 0 Å². The van der Waals surface area contributed by atoms with Crippen molar-refractivity contribution in [2.24, 2.45) is 0 Å². The summed E-state index contributed by atoms with van der Waals surface area (Å²) >= 11 is 0. The molecule has 15 heavy (non-hydrogen) atoms. The second-order valence-electron chi connectivity index (χ2n) is 2.79. The number of methoxy groups -OCH3 is 1. The van der Waals surface area contributed by atoms with E-state index in [1.54, 1.807) is 0 Å². The number of halogens is 2. The van der Waals surface area contributed by atoms with Gasteiger partial charge >= 0.3 is 5.97 Å². The first-order valence-corrected chi connectivity index (χ1v) is 4.07. The minimum Gasteiger partial charge on any atom is -0.506 e. The van der Waals surface area contributed by atoms with E-state index < -0.39 is 23.7 Å². The molecule has 0 amide bonds. The maximum absolute atomic E-state index is 12.3. The third-order valence-electron chi connectivity index (χ3n) is 1.76. The van der Waals surface area contributed by atoms with Crippen molar-refractivity contribution >= 4 is 5.97 Å². The molecule has 4 nitrogen and oxygen atoms in total. The van der Waals surface area contributed by atoms with Gasteiger partial charge in [-0.15, -0.1) is 0 Å². The molecular formula is C9H9F2NO3. The Bertz CT molecular complexity index is 368. The van der Waals surface area contributed by atoms with Crippen LogP contribution in [-0.2, 0) is 16.0 Å². The summed E-state index contributed by atoms with van der Waals surface area (Å²) in [6.45, 7) is 0. The van der Waals surface area contributed by atoms with Gasteiger partial charge in [-0.1, -0.05) is 0 Å². The highest BCUT2D eigenvalue weighted by Gasteiger charge is 2.15. The maximum atomic E-state index is 12.3. The van der Waals surface area contributed by atoms with Crippen LogP contribution in [0.25, 0.3) is 0 Å². The Hall–Kier alpha value is -1.72. The van der Waals surface area contributed by atoms with Crippen molar-refractivity contribution < 1.29 is 23.4 Å². The molecule has 0 unspecified atom stereocenters. The molecule has 0 aliphatic carbocycles. The number of hydrogen-bond donors (Lipinski definition) is 1. The molecule has 1 rings (SSSR count). The van der Waals surface area contributed by atoms with Crippen LogP contribution in [0.5, 0.6) is 5.75 Å². The molecule has 1 aromatic heterocycles. The average molecular weight is 217 g/mol. The first-order valence-electron chi connectivity index (χ1n) is 4.07. The molecule has 82 valence electrons. The number of nitrogens with zero attached hydrogens (tertiary/aromatic N) is 1. The van der Waals surface area contributed by atoms with Crippen molar-refractivity contribution in [2.45, 2.75) is 12.8 Å². The van der Waals surface area contributed by atoms with E-state index in [2.05, 4.69) is 9.72 Å². The van der Waals surface area contributed by atoms with E-state index in [0.717, 1.165) is 12.3 Å². The van der Waals surface area contributed by atoms with Gasteiger partial charge < -0.3 is 9.84 Å². The SMILES string of the molecule is COC(=O)Cc1cc(C(F)F)c(O)cn1. The number of alkyl halides is 2. The summed E-state index contributed by atoms with van der Waals surface area (Å²) in [6, 6.07) is 0.983. The van der Waals surface area contributed by atoms with Gasteiger partial charge in [-0.2, -0.15) is 0 Å². The molecule has 1 heterocycles. The van der Waals surface area contributed by atoms with E-state index in [1.165, 1.54) is 7.11 Å². The lowest BCUT2D eigenvalue weighted by molar-refractivity contribution is -0.139. The lowest BCUT2D eigenvalue weighted by atomic mass is 10.2. The third-order valence-corrected chi connectivity index (χ3v) is 1.76. The Labute approximate surface area is 84.5 Å². The third kappa shape index (κ3) is 2.87. The van der Waals surface area contributed by atoms with Crippen LogP contribution in [0.4, 0.5) is 8.78 Å². The van der Waals surface area contributed by atoms with Crippen molar-refractivity contribution in [1.82, 2.24) is 4.98 Å². The topological polar surface area (TPSA) is 59.4 Å². The number of carbonyl (C=O) groups excluding carboxylic acids is 1. The summed E-state index contributed by atoms with van der Waals surface area (Å²) < 4.78 is 29.0. The van der Waals surface area contributed by atoms with Crippen LogP contribution in [0.2, 0.25) is 0 Å². The normalized spacial score (nSPS) is 10.4. The van der Waals surface area contributed by atoms with Crippen molar-refractivity contribution in [1.29, 1.82) is 0 Å². The summed E-state index contributed by atoms with van der Waals surface area (Å²) in [5, 5.41) is 9.04. The van der Waals surface area contributed by atoms with Crippen LogP contribution in [0.15, 0.2) is 12.3 Å². The van der Waals surface area contributed by atoms with Gasteiger partial charge in [0.05, 0.1) is 31.0 Å². The monoisotopic (exact) mass is 217 g/mol. The number of aromatic nitrogens is 1. The lowest BCUT2D eigenvalue weighted by Gasteiger charge is -2.05. The molecular weight excluding hydrogens is 208 g/mol. The summed E-state index contributed by atoms with van der Waals surface area (Å²) in [7, 11) is 1.19.